The van der Waals surface area contributed by atoms with E-state index in [-0.39, 0.29) is 5.88 Å². The molecule has 0 saturated heterocycles. The van der Waals surface area contributed by atoms with Crippen molar-refractivity contribution in [2.75, 3.05) is 10.8 Å². The molecule has 18 heavy (non-hydrogen) atoms. The first-order valence-corrected chi connectivity index (χ1v) is 6.90. The van der Waals surface area contributed by atoms with Crippen molar-refractivity contribution in [3.8, 4) is 0 Å². The summed E-state index contributed by atoms with van der Waals surface area (Å²) in [5.41, 5.74) is 2.00. The lowest BCUT2D eigenvalue weighted by atomic mass is 10.2. The van der Waals surface area contributed by atoms with Crippen LogP contribution in [0.2, 0.25) is 0 Å². The lowest BCUT2D eigenvalue weighted by Gasteiger charge is -2.25. The molecule has 4 heteroatoms. The fraction of sp³-hybridized carbons (Fsp3) is 0.143. The van der Waals surface area contributed by atoms with E-state index in [1.165, 1.54) is 0 Å². The van der Waals surface area contributed by atoms with E-state index in [9.17, 15) is 8.76 Å². The molecule has 0 aliphatic carbocycles. The highest BCUT2D eigenvalue weighted by molar-refractivity contribution is 7.79. The smallest absolute Gasteiger partial charge is 0.0809 e. The van der Waals surface area contributed by atoms with Gasteiger partial charge in [-0.15, -0.1) is 0 Å². The molecule has 1 atom stereocenters. The molecule has 2 aromatic rings. The van der Waals surface area contributed by atoms with Gasteiger partial charge in [-0.3, -0.25) is 4.21 Å². The average molecular weight is 260 g/mol. The topological polar surface area (TPSA) is 43.4 Å². The summed E-state index contributed by atoms with van der Waals surface area (Å²) in [5, 5.41) is 0. The zero-order valence-electron chi connectivity index (χ0n) is 9.86. The molecular weight excluding hydrogens is 246 g/mol. The summed E-state index contributed by atoms with van der Waals surface area (Å²) in [6.07, 6.45) is 0. The molecule has 0 amide bonds. The second-order valence-corrected chi connectivity index (χ2v) is 4.82. The van der Waals surface area contributed by atoms with E-state index in [1.54, 1.807) is 0 Å². The van der Waals surface area contributed by atoms with Crippen LogP contribution in [0, 0.1) is 0 Å². The molecule has 0 aliphatic heterocycles. The van der Waals surface area contributed by atoms with Gasteiger partial charge >= 0.3 is 0 Å². The Balaban J connectivity index is 2.18. The van der Waals surface area contributed by atoms with Gasteiger partial charge in [-0.2, -0.15) is 0 Å². The lowest BCUT2D eigenvalue weighted by Crippen LogP contribution is -2.26. The van der Waals surface area contributed by atoms with Gasteiger partial charge < -0.3 is 9.45 Å². The molecule has 2 aromatic carbocycles. The average Bonchev–Trinajstić information content (AvgIpc) is 2.40. The Hall–Kier alpha value is -1.65. The highest BCUT2D eigenvalue weighted by Gasteiger charge is 2.06. The molecule has 0 fully saturated rings. The lowest BCUT2D eigenvalue weighted by molar-refractivity contribution is 0.534. The quantitative estimate of drug-likeness (QED) is 0.776. The minimum Gasteiger partial charge on any atom is -0.771 e. The number of hydrogen-bond donors (Lipinski definition) is 0. The number of hydrogen-bond acceptors (Lipinski definition) is 3. The van der Waals surface area contributed by atoms with E-state index in [1.807, 2.05) is 65.6 Å². The van der Waals surface area contributed by atoms with Gasteiger partial charge in [-0.1, -0.05) is 48.5 Å². The fourth-order valence-corrected chi connectivity index (χ4v) is 2.28. The van der Waals surface area contributed by atoms with Crippen molar-refractivity contribution in [1.82, 2.24) is 0 Å². The summed E-state index contributed by atoms with van der Waals surface area (Å²) in [6, 6.07) is 19.4. The number of para-hydroxylation sites is 1. The molecular formula is C14H14NO2S-. The van der Waals surface area contributed by atoms with Crippen molar-refractivity contribution in [2.45, 2.75) is 6.54 Å². The fourth-order valence-electron chi connectivity index (χ4n) is 1.78. The van der Waals surface area contributed by atoms with Crippen LogP contribution in [0.5, 0.6) is 0 Å². The van der Waals surface area contributed by atoms with Gasteiger partial charge in [0, 0.05) is 12.2 Å². The van der Waals surface area contributed by atoms with E-state index < -0.39 is 11.1 Å². The molecule has 0 bridgehead atoms. The Labute approximate surface area is 109 Å². The largest absolute Gasteiger partial charge is 0.771 e. The van der Waals surface area contributed by atoms with Gasteiger partial charge in [0.15, 0.2) is 0 Å². The van der Waals surface area contributed by atoms with Crippen LogP contribution in [0.1, 0.15) is 5.56 Å². The van der Waals surface area contributed by atoms with Crippen molar-refractivity contribution in [3.63, 3.8) is 0 Å². The first-order valence-electron chi connectivity index (χ1n) is 5.65. The molecule has 0 saturated carbocycles. The molecule has 0 spiro atoms. The number of benzene rings is 2. The normalized spacial score (nSPS) is 12.1. The molecule has 1 unspecified atom stereocenters. The zero-order chi connectivity index (χ0) is 12.8. The van der Waals surface area contributed by atoms with Crippen molar-refractivity contribution in [1.29, 1.82) is 0 Å². The van der Waals surface area contributed by atoms with Crippen LogP contribution >= 0.6 is 0 Å². The Kier molecular flexibility index (Phi) is 4.50. The summed E-state index contributed by atoms with van der Waals surface area (Å²) in [7, 11) is 0. The summed E-state index contributed by atoms with van der Waals surface area (Å²) in [5.74, 6) is -0.00108. The summed E-state index contributed by atoms with van der Waals surface area (Å²) in [6.45, 7) is 0.582. The van der Waals surface area contributed by atoms with Crippen LogP contribution < -0.4 is 4.90 Å². The first-order chi connectivity index (χ1) is 8.75. The van der Waals surface area contributed by atoms with Crippen molar-refractivity contribution in [3.05, 3.63) is 66.2 Å². The third-order valence-corrected chi connectivity index (χ3v) is 3.12. The van der Waals surface area contributed by atoms with Crippen LogP contribution in [0.3, 0.4) is 0 Å². The molecule has 0 N–H and O–H groups in total. The van der Waals surface area contributed by atoms with Crippen LogP contribution in [0.15, 0.2) is 60.7 Å². The highest BCUT2D eigenvalue weighted by atomic mass is 32.2. The molecule has 2 rings (SSSR count). The van der Waals surface area contributed by atoms with Crippen LogP contribution in [-0.2, 0) is 17.6 Å². The van der Waals surface area contributed by atoms with Crippen molar-refractivity contribution in [2.24, 2.45) is 0 Å². The van der Waals surface area contributed by atoms with Crippen LogP contribution in [-0.4, -0.2) is 14.6 Å². The molecule has 0 aliphatic rings. The molecule has 94 valence electrons. The monoisotopic (exact) mass is 260 g/mol. The number of anilines is 1. The molecule has 0 radical (unpaired) electrons. The minimum atomic E-state index is -2.09. The van der Waals surface area contributed by atoms with Gasteiger partial charge in [0.1, 0.15) is 0 Å². The Morgan fingerprint density at radius 3 is 2.06 bits per heavy atom. The number of rotatable bonds is 5. The van der Waals surface area contributed by atoms with Crippen LogP contribution in [0.4, 0.5) is 5.69 Å². The Morgan fingerprint density at radius 2 is 1.50 bits per heavy atom. The van der Waals surface area contributed by atoms with E-state index in [0.717, 1.165) is 11.3 Å². The Bertz CT molecular complexity index is 502. The Morgan fingerprint density at radius 1 is 0.944 bits per heavy atom. The van der Waals surface area contributed by atoms with Gasteiger partial charge in [0.2, 0.25) is 0 Å². The SMILES string of the molecule is O=S([O-])CN(Cc1ccccc1)c1ccccc1. The highest BCUT2D eigenvalue weighted by Crippen LogP contribution is 2.16. The summed E-state index contributed by atoms with van der Waals surface area (Å²) in [4.78, 5) is 1.83. The maximum absolute atomic E-state index is 10.9. The third kappa shape index (κ3) is 3.68. The van der Waals surface area contributed by atoms with E-state index in [0.29, 0.717) is 6.54 Å². The van der Waals surface area contributed by atoms with Crippen molar-refractivity contribution >= 4 is 16.8 Å². The first kappa shape index (κ1) is 12.8. The third-order valence-electron chi connectivity index (χ3n) is 2.60. The number of nitrogens with zero attached hydrogens (tertiary/aromatic N) is 1. The maximum Gasteiger partial charge on any atom is 0.0809 e. The molecule has 0 heterocycles. The van der Waals surface area contributed by atoms with E-state index in [2.05, 4.69) is 0 Å². The van der Waals surface area contributed by atoms with E-state index in [4.69, 9.17) is 0 Å². The van der Waals surface area contributed by atoms with E-state index >= 15 is 0 Å². The van der Waals surface area contributed by atoms with Gasteiger partial charge in [0.25, 0.3) is 0 Å². The molecule has 3 nitrogen and oxygen atoms in total. The van der Waals surface area contributed by atoms with Gasteiger partial charge in [-0.25, -0.2) is 0 Å². The second kappa shape index (κ2) is 6.33. The predicted octanol–water partition coefficient (Wildman–Crippen LogP) is 2.53. The zero-order valence-corrected chi connectivity index (χ0v) is 10.7. The summed E-state index contributed by atoms with van der Waals surface area (Å²) >= 11 is -2.09. The van der Waals surface area contributed by atoms with Gasteiger partial charge in [-0.05, 0) is 28.8 Å². The van der Waals surface area contributed by atoms with Crippen LogP contribution in [0.25, 0.3) is 0 Å². The predicted molar refractivity (Wildman–Crippen MR) is 72.9 cm³/mol. The van der Waals surface area contributed by atoms with Gasteiger partial charge in [0.05, 0.1) is 5.88 Å². The summed E-state index contributed by atoms with van der Waals surface area (Å²) < 4.78 is 21.9. The standard InChI is InChI=1S/C14H15NO2S/c16-18(17)12-15(14-9-5-2-6-10-14)11-13-7-3-1-4-8-13/h1-10H,11-12H2,(H,16,17)/p-1. The maximum atomic E-state index is 10.9. The molecule has 0 aromatic heterocycles. The minimum absolute atomic E-state index is 0.00108. The second-order valence-electron chi connectivity index (χ2n) is 3.95. The van der Waals surface area contributed by atoms with Crippen molar-refractivity contribution < 1.29 is 8.76 Å².